The number of hydrogen-bond acceptors (Lipinski definition) is 3. The largest absolute Gasteiger partial charge is 0.408 e. The average Bonchev–Trinajstić information content (AvgIpc) is 2.90. The topological polar surface area (TPSA) is 38.7 Å². The van der Waals surface area contributed by atoms with Crippen LogP contribution in [0.1, 0.15) is 194 Å². The number of unbranched alkanes of at least 4 members (excludes halogenated alkanes) is 24. The average molecular weight is 546 g/mol. The smallest absolute Gasteiger partial charge is 0.193 e. The summed E-state index contributed by atoms with van der Waals surface area (Å²) in [4.78, 5) is 11.2. The highest BCUT2D eigenvalue weighted by molar-refractivity contribution is 7.60. The Kier molecular flexibility index (Phi) is 31.1. The van der Waals surface area contributed by atoms with E-state index in [0.29, 0.717) is 13.2 Å². The second kappa shape index (κ2) is 30.8. The van der Waals surface area contributed by atoms with Crippen LogP contribution in [0, 0.1) is 0 Å². The zero-order chi connectivity index (χ0) is 27.1. The molecule has 0 aromatic carbocycles. The fourth-order valence-corrected chi connectivity index (χ4v) is 6.81. The fraction of sp³-hybridized carbons (Fsp3) is 1.00. The van der Waals surface area contributed by atoms with Crippen molar-refractivity contribution in [3.05, 3.63) is 0 Å². The quantitative estimate of drug-likeness (QED) is 0.0674. The van der Waals surface area contributed by atoms with Crippen LogP contribution in [0.2, 0.25) is 0 Å². The zero-order valence-electron chi connectivity index (χ0n) is 25.9. The van der Waals surface area contributed by atoms with Gasteiger partial charge in [-0.3, -0.25) is 0 Å². The number of rotatable bonds is 32. The van der Waals surface area contributed by atoms with Crippen LogP contribution in [0.3, 0.4) is 0 Å². The van der Waals surface area contributed by atoms with Gasteiger partial charge in [-0.25, -0.2) is 0 Å². The van der Waals surface area contributed by atoms with E-state index in [4.69, 9.17) is 9.05 Å². The van der Waals surface area contributed by atoms with Crippen molar-refractivity contribution in [3.8, 4) is 0 Å². The number of hydrogen-bond donors (Lipinski definition) is 1. The molecule has 37 heavy (non-hydrogen) atoms. The summed E-state index contributed by atoms with van der Waals surface area (Å²) in [7, 11) is -2.69. The minimum Gasteiger partial charge on any atom is -0.193 e. The summed E-state index contributed by atoms with van der Waals surface area (Å²) in [5.74, 6) is 0. The Morgan fingerprint density at radius 2 is 0.595 bits per heavy atom. The van der Waals surface area contributed by atoms with Gasteiger partial charge in [-0.05, 0) is 25.7 Å². The van der Waals surface area contributed by atoms with Gasteiger partial charge < -0.3 is 0 Å². The summed E-state index contributed by atoms with van der Waals surface area (Å²) in [6.45, 7) is 8.16. The van der Waals surface area contributed by atoms with Gasteiger partial charge in [0.1, 0.15) is 6.16 Å². The molecular formula is C33H70O3P+. The van der Waals surface area contributed by atoms with E-state index in [1.165, 1.54) is 154 Å². The molecule has 224 valence electrons. The Balaban J connectivity index is 4.05. The van der Waals surface area contributed by atoms with E-state index >= 15 is 0 Å². The Hall–Kier alpha value is 0.310. The molecule has 0 amide bonds. The van der Waals surface area contributed by atoms with Crippen molar-refractivity contribution in [1.29, 1.82) is 0 Å². The van der Waals surface area contributed by atoms with E-state index in [2.05, 4.69) is 20.8 Å². The molecule has 0 atom stereocenters. The monoisotopic (exact) mass is 546 g/mol. The fourth-order valence-electron chi connectivity index (χ4n) is 5.03. The first-order chi connectivity index (χ1) is 18.2. The molecular weight excluding hydrogens is 475 g/mol. The van der Waals surface area contributed by atoms with Gasteiger partial charge in [-0.1, -0.05) is 168 Å². The Bertz CT molecular complexity index is 394. The SMILES string of the molecule is CCCCCCCCCCCO[P+](O)(CCCCCCCCCCC)OCCCCCCCCCCC. The third-order valence-electron chi connectivity index (χ3n) is 7.63. The maximum absolute atomic E-state index is 11.2. The van der Waals surface area contributed by atoms with Gasteiger partial charge in [-0.15, -0.1) is 0 Å². The second-order valence-electron chi connectivity index (χ2n) is 11.5. The molecule has 0 aliphatic rings. The minimum absolute atomic E-state index is 0.662. The van der Waals surface area contributed by atoms with E-state index in [-0.39, 0.29) is 0 Å². The summed E-state index contributed by atoms with van der Waals surface area (Å²) in [5, 5.41) is 0. The van der Waals surface area contributed by atoms with Gasteiger partial charge in [0.2, 0.25) is 0 Å². The maximum Gasteiger partial charge on any atom is 0.408 e. The van der Waals surface area contributed by atoms with Gasteiger partial charge in [0.25, 0.3) is 0 Å². The molecule has 0 unspecified atom stereocenters. The lowest BCUT2D eigenvalue weighted by atomic mass is 10.1. The molecule has 1 N–H and O–H groups in total. The summed E-state index contributed by atoms with van der Waals surface area (Å²) in [6, 6.07) is 0. The lowest BCUT2D eigenvalue weighted by Gasteiger charge is -2.17. The van der Waals surface area contributed by atoms with Crippen LogP contribution in [0.15, 0.2) is 0 Å². The van der Waals surface area contributed by atoms with E-state index in [1.54, 1.807) is 0 Å². The molecule has 0 rings (SSSR count). The van der Waals surface area contributed by atoms with Crippen molar-refractivity contribution in [2.24, 2.45) is 0 Å². The van der Waals surface area contributed by atoms with Crippen LogP contribution in [0.4, 0.5) is 0 Å². The summed E-state index contributed by atoms with van der Waals surface area (Å²) in [6.07, 6.45) is 35.9. The first-order valence-electron chi connectivity index (χ1n) is 17.1. The highest BCUT2D eigenvalue weighted by Gasteiger charge is 2.39. The molecule has 3 nitrogen and oxygen atoms in total. The summed E-state index contributed by atoms with van der Waals surface area (Å²) in [5.41, 5.74) is 0. The molecule has 0 saturated heterocycles. The van der Waals surface area contributed by atoms with Gasteiger partial charge in [0.15, 0.2) is 0 Å². The van der Waals surface area contributed by atoms with E-state index in [1.807, 2.05) is 0 Å². The normalized spacial score (nSPS) is 12.0. The molecule has 0 aromatic rings. The van der Waals surface area contributed by atoms with Crippen LogP contribution in [0.5, 0.6) is 0 Å². The summed E-state index contributed by atoms with van der Waals surface area (Å²) < 4.78 is 12.2. The molecule has 0 aliphatic carbocycles. The minimum atomic E-state index is -2.69. The van der Waals surface area contributed by atoms with Crippen molar-refractivity contribution in [2.75, 3.05) is 19.4 Å². The lowest BCUT2D eigenvalue weighted by Crippen LogP contribution is -2.09. The molecule has 0 fully saturated rings. The molecule has 0 radical (unpaired) electrons. The highest BCUT2D eigenvalue weighted by atomic mass is 31.2. The van der Waals surface area contributed by atoms with Crippen molar-refractivity contribution >= 4 is 7.94 Å². The van der Waals surface area contributed by atoms with Crippen LogP contribution < -0.4 is 0 Å². The third kappa shape index (κ3) is 29.1. The molecule has 0 aromatic heterocycles. The molecule has 0 bridgehead atoms. The van der Waals surface area contributed by atoms with Crippen molar-refractivity contribution in [1.82, 2.24) is 0 Å². The van der Waals surface area contributed by atoms with Crippen molar-refractivity contribution < 1.29 is 13.9 Å². The lowest BCUT2D eigenvalue weighted by molar-refractivity contribution is 0.169. The first-order valence-corrected chi connectivity index (χ1v) is 18.8. The van der Waals surface area contributed by atoms with Gasteiger partial charge in [-0.2, -0.15) is 13.9 Å². The molecule has 0 heterocycles. The Labute approximate surface area is 235 Å². The Morgan fingerprint density at radius 3 is 0.892 bits per heavy atom. The van der Waals surface area contributed by atoms with E-state index < -0.39 is 7.94 Å². The standard InChI is InChI=1S/C33H70O3P/c1-4-7-10-13-16-19-22-25-28-31-35-37(34,33-30-27-24-21-18-15-12-9-6-3)36-32-29-26-23-20-17-14-11-8-5-2/h34H,4-33H2,1-3H3/q+1. The predicted octanol–water partition coefficient (Wildman–Crippen LogP) is 12.4. The molecule has 0 saturated carbocycles. The molecule has 0 spiro atoms. The predicted molar refractivity (Wildman–Crippen MR) is 168 cm³/mol. The Morgan fingerprint density at radius 1 is 0.351 bits per heavy atom. The second-order valence-corrected chi connectivity index (χ2v) is 13.8. The van der Waals surface area contributed by atoms with Gasteiger partial charge in [0, 0.05) is 0 Å². The van der Waals surface area contributed by atoms with Crippen molar-refractivity contribution in [2.45, 2.75) is 194 Å². The highest BCUT2D eigenvalue weighted by Crippen LogP contribution is 2.57. The third-order valence-corrected chi connectivity index (χ3v) is 9.68. The van der Waals surface area contributed by atoms with E-state index in [9.17, 15) is 4.89 Å². The molecule has 0 aliphatic heterocycles. The van der Waals surface area contributed by atoms with Gasteiger partial charge in [0.05, 0.1) is 13.2 Å². The van der Waals surface area contributed by atoms with Crippen LogP contribution in [-0.4, -0.2) is 24.3 Å². The van der Waals surface area contributed by atoms with Crippen molar-refractivity contribution in [3.63, 3.8) is 0 Å². The zero-order valence-corrected chi connectivity index (χ0v) is 26.8. The van der Waals surface area contributed by atoms with Crippen LogP contribution in [-0.2, 0) is 9.05 Å². The summed E-state index contributed by atoms with van der Waals surface area (Å²) >= 11 is 0. The van der Waals surface area contributed by atoms with Crippen LogP contribution in [0.25, 0.3) is 0 Å². The van der Waals surface area contributed by atoms with Gasteiger partial charge >= 0.3 is 7.94 Å². The maximum atomic E-state index is 11.2. The first kappa shape index (κ1) is 37.3. The van der Waals surface area contributed by atoms with E-state index in [0.717, 1.165) is 25.4 Å². The molecule has 4 heteroatoms. The van der Waals surface area contributed by atoms with Crippen LogP contribution >= 0.6 is 7.94 Å².